The lowest BCUT2D eigenvalue weighted by Crippen LogP contribution is -2.51. The Labute approximate surface area is 179 Å². The minimum absolute atomic E-state index is 0.0812. The van der Waals surface area contributed by atoms with Gasteiger partial charge in [-0.15, -0.1) is 0 Å². The van der Waals surface area contributed by atoms with Crippen LogP contribution in [0.1, 0.15) is 82.3 Å². The molecule has 3 aliphatic rings. The molecule has 1 unspecified atom stereocenters. The molecule has 1 saturated carbocycles. The molecule has 2 saturated heterocycles. The van der Waals surface area contributed by atoms with Gasteiger partial charge in [-0.2, -0.15) is 4.98 Å². The molecule has 0 N–H and O–H groups in total. The predicted octanol–water partition coefficient (Wildman–Crippen LogP) is 3.91. The number of likely N-dealkylation sites (tertiary alicyclic amines) is 1. The van der Waals surface area contributed by atoms with Crippen molar-refractivity contribution in [2.24, 2.45) is 11.8 Å². The summed E-state index contributed by atoms with van der Waals surface area (Å²) in [5.41, 5.74) is -0.0812. The third kappa shape index (κ3) is 5.61. The Balaban J connectivity index is 1.23. The van der Waals surface area contributed by atoms with Gasteiger partial charge < -0.3 is 18.9 Å². The van der Waals surface area contributed by atoms with E-state index in [0.29, 0.717) is 24.3 Å². The van der Waals surface area contributed by atoms with Gasteiger partial charge in [-0.3, -0.25) is 4.79 Å². The van der Waals surface area contributed by atoms with E-state index < -0.39 is 0 Å². The number of rotatable bonds is 7. The van der Waals surface area contributed by atoms with Crippen molar-refractivity contribution in [2.45, 2.75) is 89.3 Å². The van der Waals surface area contributed by atoms with Crippen LogP contribution < -0.4 is 0 Å². The summed E-state index contributed by atoms with van der Waals surface area (Å²) in [4.78, 5) is 19.2. The average Bonchev–Trinajstić information content (AvgIpc) is 3.20. The fourth-order valence-electron chi connectivity index (χ4n) is 5.59. The maximum Gasteiger partial charge on any atom is 0.252 e. The van der Waals surface area contributed by atoms with Crippen molar-refractivity contribution in [1.82, 2.24) is 15.0 Å². The quantitative estimate of drug-likeness (QED) is 0.667. The number of hydrogen-bond acceptors (Lipinski definition) is 6. The standard InChI is InChI=1S/C23H37N3O4/c1-28-17-21-24-20(25-30-21)15-19-9-14-29-23(16-19)10-12-26(13-11-23)22(27)8-7-18-5-3-2-4-6-18/h18-19H,2-17H2,1H3. The lowest BCUT2D eigenvalue weighted by molar-refractivity contribution is -0.147. The molecule has 1 aromatic rings. The molecule has 3 fully saturated rings. The third-order valence-corrected chi connectivity index (χ3v) is 7.36. The largest absolute Gasteiger partial charge is 0.375 e. The van der Waals surface area contributed by atoms with Crippen molar-refractivity contribution in [3.05, 3.63) is 11.7 Å². The second-order valence-electron chi connectivity index (χ2n) is 9.56. The Hall–Kier alpha value is -1.47. The van der Waals surface area contributed by atoms with Crippen LogP contribution in [0.2, 0.25) is 0 Å². The number of nitrogens with zero attached hydrogens (tertiary/aromatic N) is 3. The minimum atomic E-state index is -0.0812. The van der Waals surface area contributed by atoms with Crippen molar-refractivity contribution in [3.8, 4) is 0 Å². The van der Waals surface area contributed by atoms with Gasteiger partial charge >= 0.3 is 0 Å². The summed E-state index contributed by atoms with van der Waals surface area (Å²) in [5, 5.41) is 4.10. The lowest BCUT2D eigenvalue weighted by atomic mass is 9.78. The van der Waals surface area contributed by atoms with Crippen LogP contribution in [0, 0.1) is 11.8 Å². The van der Waals surface area contributed by atoms with Crippen LogP contribution in [0.15, 0.2) is 4.52 Å². The normalized spacial score (nSPS) is 25.0. The fourth-order valence-corrected chi connectivity index (χ4v) is 5.59. The first kappa shape index (κ1) is 21.8. The molecule has 168 valence electrons. The molecule has 30 heavy (non-hydrogen) atoms. The molecule has 7 heteroatoms. The molecule has 2 aliphatic heterocycles. The molecule has 4 rings (SSSR count). The van der Waals surface area contributed by atoms with E-state index in [9.17, 15) is 4.79 Å². The van der Waals surface area contributed by atoms with Gasteiger partial charge in [0.25, 0.3) is 5.89 Å². The maximum atomic E-state index is 12.7. The molecule has 0 radical (unpaired) electrons. The van der Waals surface area contributed by atoms with Crippen molar-refractivity contribution in [3.63, 3.8) is 0 Å². The van der Waals surface area contributed by atoms with Gasteiger partial charge in [0.05, 0.1) is 5.60 Å². The van der Waals surface area contributed by atoms with E-state index in [1.807, 2.05) is 0 Å². The first-order chi connectivity index (χ1) is 14.7. The van der Waals surface area contributed by atoms with Crippen LogP contribution in [0.25, 0.3) is 0 Å². The molecule has 1 aromatic heterocycles. The van der Waals surface area contributed by atoms with Crippen molar-refractivity contribution >= 4 is 5.91 Å². The SMILES string of the molecule is COCc1nc(CC2CCOC3(CCN(C(=O)CCC4CCCCC4)CC3)C2)no1. The second kappa shape index (κ2) is 10.2. The highest BCUT2D eigenvalue weighted by atomic mass is 16.5. The van der Waals surface area contributed by atoms with Gasteiger partial charge in [-0.1, -0.05) is 37.3 Å². The van der Waals surface area contributed by atoms with Gasteiger partial charge in [0.2, 0.25) is 5.91 Å². The van der Waals surface area contributed by atoms with E-state index in [-0.39, 0.29) is 5.60 Å². The predicted molar refractivity (Wildman–Crippen MR) is 112 cm³/mol. The average molecular weight is 420 g/mol. The monoisotopic (exact) mass is 419 g/mol. The van der Waals surface area contributed by atoms with Gasteiger partial charge in [-0.05, 0) is 43.9 Å². The van der Waals surface area contributed by atoms with Gasteiger partial charge in [-0.25, -0.2) is 0 Å². The highest BCUT2D eigenvalue weighted by Gasteiger charge is 2.41. The second-order valence-corrected chi connectivity index (χ2v) is 9.56. The smallest absolute Gasteiger partial charge is 0.252 e. The van der Waals surface area contributed by atoms with E-state index in [1.54, 1.807) is 7.11 Å². The highest BCUT2D eigenvalue weighted by molar-refractivity contribution is 5.76. The number of hydrogen-bond donors (Lipinski definition) is 0. The molecule has 0 aromatic carbocycles. The van der Waals surface area contributed by atoms with E-state index in [1.165, 1.54) is 32.1 Å². The molecule has 0 bridgehead atoms. The summed E-state index contributed by atoms with van der Waals surface area (Å²) in [5.74, 6) is 2.92. The Morgan fingerprint density at radius 3 is 2.73 bits per heavy atom. The molecule has 1 atom stereocenters. The zero-order valence-electron chi connectivity index (χ0n) is 18.4. The Morgan fingerprint density at radius 2 is 1.97 bits per heavy atom. The summed E-state index contributed by atoms with van der Waals surface area (Å²) >= 11 is 0. The van der Waals surface area contributed by atoms with Gasteiger partial charge in [0, 0.05) is 39.6 Å². The minimum Gasteiger partial charge on any atom is -0.375 e. The molecule has 1 amide bonds. The molecule has 3 heterocycles. The molecule has 7 nitrogen and oxygen atoms in total. The van der Waals surface area contributed by atoms with Gasteiger partial charge in [0.1, 0.15) is 6.61 Å². The number of carbonyl (C=O) groups excluding carboxylic acids is 1. The van der Waals surface area contributed by atoms with Crippen molar-refractivity contribution in [2.75, 3.05) is 26.8 Å². The number of methoxy groups -OCH3 is 1. The molecular formula is C23H37N3O4. The van der Waals surface area contributed by atoms with Crippen molar-refractivity contribution in [1.29, 1.82) is 0 Å². The summed E-state index contributed by atoms with van der Waals surface area (Å²) in [6, 6.07) is 0. The number of amides is 1. The Morgan fingerprint density at radius 1 is 1.17 bits per heavy atom. The summed E-state index contributed by atoms with van der Waals surface area (Å²) in [7, 11) is 1.62. The van der Waals surface area contributed by atoms with Gasteiger partial charge in [0.15, 0.2) is 5.82 Å². The van der Waals surface area contributed by atoms with Crippen LogP contribution >= 0.6 is 0 Å². The zero-order valence-corrected chi connectivity index (χ0v) is 18.4. The van der Waals surface area contributed by atoms with E-state index in [0.717, 1.165) is 76.4 Å². The number of carbonyl (C=O) groups is 1. The van der Waals surface area contributed by atoms with Crippen molar-refractivity contribution < 1.29 is 18.8 Å². The van der Waals surface area contributed by atoms with E-state index in [2.05, 4.69) is 15.0 Å². The molecular weight excluding hydrogens is 382 g/mol. The van der Waals surface area contributed by atoms with Crippen LogP contribution in [-0.4, -0.2) is 53.4 Å². The Bertz CT molecular complexity index is 678. The van der Waals surface area contributed by atoms with Crippen LogP contribution in [0.3, 0.4) is 0 Å². The number of ether oxygens (including phenoxy) is 2. The topological polar surface area (TPSA) is 77.7 Å². The van der Waals surface area contributed by atoms with E-state index >= 15 is 0 Å². The van der Waals surface area contributed by atoms with Crippen LogP contribution in [0.5, 0.6) is 0 Å². The summed E-state index contributed by atoms with van der Waals surface area (Å²) < 4.78 is 16.6. The van der Waals surface area contributed by atoms with Crippen LogP contribution in [0.4, 0.5) is 0 Å². The molecule has 1 aliphatic carbocycles. The number of piperidine rings is 1. The lowest BCUT2D eigenvalue weighted by Gasteiger charge is -2.46. The highest BCUT2D eigenvalue weighted by Crippen LogP contribution is 2.39. The van der Waals surface area contributed by atoms with E-state index in [4.69, 9.17) is 14.0 Å². The number of aromatic nitrogens is 2. The maximum absolute atomic E-state index is 12.7. The third-order valence-electron chi connectivity index (χ3n) is 7.36. The fraction of sp³-hybridized carbons (Fsp3) is 0.870. The zero-order chi connectivity index (χ0) is 20.8. The molecule has 1 spiro atoms. The summed E-state index contributed by atoms with van der Waals surface area (Å²) in [6.45, 7) is 2.80. The van der Waals surface area contributed by atoms with Crippen LogP contribution in [-0.2, 0) is 27.3 Å². The summed E-state index contributed by atoms with van der Waals surface area (Å²) in [6.07, 6.45) is 13.3. The Kier molecular flexibility index (Phi) is 7.41. The first-order valence-corrected chi connectivity index (χ1v) is 11.9. The first-order valence-electron chi connectivity index (χ1n) is 11.9.